The summed E-state index contributed by atoms with van der Waals surface area (Å²) in [5.74, 6) is 0.915. The normalized spacial score (nSPS) is 17.8. The van der Waals surface area contributed by atoms with Gasteiger partial charge in [0, 0.05) is 38.6 Å². The number of benzene rings is 1. The van der Waals surface area contributed by atoms with Gasteiger partial charge in [0.25, 0.3) is 0 Å². The molecule has 9 heteroatoms. The summed E-state index contributed by atoms with van der Waals surface area (Å²) in [6, 6.07) is 6.72. The summed E-state index contributed by atoms with van der Waals surface area (Å²) in [7, 11) is -3.66. The fourth-order valence-electron chi connectivity index (χ4n) is 2.98. The van der Waals surface area contributed by atoms with Gasteiger partial charge in [-0.1, -0.05) is 19.1 Å². The average molecular weight is 396 g/mol. The number of aliphatic imine (C=N–C) groups is 1. The molecule has 1 saturated heterocycles. The number of carbonyl (C=O) groups is 1. The lowest BCUT2D eigenvalue weighted by Crippen LogP contribution is -2.45. The number of hydrogen-bond acceptors (Lipinski definition) is 4. The summed E-state index contributed by atoms with van der Waals surface area (Å²) >= 11 is 0. The third kappa shape index (κ3) is 6.51. The zero-order valence-corrected chi connectivity index (χ0v) is 16.8. The summed E-state index contributed by atoms with van der Waals surface area (Å²) in [5.41, 5.74) is 0.989. The monoisotopic (exact) mass is 395 g/mol. The van der Waals surface area contributed by atoms with Crippen molar-refractivity contribution in [2.24, 2.45) is 10.1 Å². The van der Waals surface area contributed by atoms with Gasteiger partial charge in [-0.3, -0.25) is 9.79 Å². The van der Waals surface area contributed by atoms with Gasteiger partial charge in [-0.2, -0.15) is 0 Å². The van der Waals surface area contributed by atoms with Crippen LogP contribution in [-0.4, -0.2) is 57.4 Å². The van der Waals surface area contributed by atoms with Gasteiger partial charge in [0.2, 0.25) is 15.9 Å². The Morgan fingerprint density at radius 2 is 2.00 bits per heavy atom. The second kappa shape index (κ2) is 9.70. The molecule has 0 radical (unpaired) electrons. The minimum absolute atomic E-state index is 0.108. The number of amides is 1. The van der Waals surface area contributed by atoms with E-state index in [4.69, 9.17) is 5.14 Å². The zero-order chi connectivity index (χ0) is 19.9. The predicted molar refractivity (Wildman–Crippen MR) is 106 cm³/mol. The van der Waals surface area contributed by atoms with E-state index in [1.165, 1.54) is 12.1 Å². The number of hydrogen-bond donors (Lipinski definition) is 3. The van der Waals surface area contributed by atoms with E-state index in [9.17, 15) is 13.2 Å². The summed E-state index contributed by atoms with van der Waals surface area (Å²) in [6.07, 6.45) is 2.13. The number of nitrogens with zero attached hydrogens (tertiary/aromatic N) is 2. The van der Waals surface area contributed by atoms with Crippen LogP contribution in [-0.2, 0) is 21.2 Å². The number of primary sulfonamides is 1. The first-order valence-corrected chi connectivity index (χ1v) is 10.8. The highest BCUT2D eigenvalue weighted by Crippen LogP contribution is 2.11. The molecule has 1 amide bonds. The highest BCUT2D eigenvalue weighted by atomic mass is 32.2. The molecule has 1 heterocycles. The van der Waals surface area contributed by atoms with Crippen LogP contribution in [0.1, 0.15) is 32.3 Å². The van der Waals surface area contributed by atoms with Gasteiger partial charge < -0.3 is 15.5 Å². The van der Waals surface area contributed by atoms with Crippen molar-refractivity contribution >= 4 is 21.9 Å². The molecule has 27 heavy (non-hydrogen) atoms. The van der Waals surface area contributed by atoms with Gasteiger partial charge in [0.05, 0.1) is 4.90 Å². The smallest absolute Gasteiger partial charge is 0.238 e. The van der Waals surface area contributed by atoms with Crippen molar-refractivity contribution in [1.29, 1.82) is 0 Å². The van der Waals surface area contributed by atoms with Crippen molar-refractivity contribution in [3.8, 4) is 0 Å². The van der Waals surface area contributed by atoms with Crippen LogP contribution in [0.3, 0.4) is 0 Å². The SMILES string of the molecule is CCNC(=NCCc1ccc(S(N)(=O)=O)cc1)NC1CCN(C(=O)CC)C1. The Balaban J connectivity index is 1.89. The van der Waals surface area contributed by atoms with Crippen LogP contribution in [0.2, 0.25) is 0 Å². The second-order valence-electron chi connectivity index (χ2n) is 6.52. The van der Waals surface area contributed by atoms with Crippen LogP contribution >= 0.6 is 0 Å². The van der Waals surface area contributed by atoms with Gasteiger partial charge in [-0.05, 0) is 37.5 Å². The van der Waals surface area contributed by atoms with E-state index in [1.807, 2.05) is 18.7 Å². The molecule has 0 aromatic heterocycles. The largest absolute Gasteiger partial charge is 0.357 e. The van der Waals surface area contributed by atoms with Crippen LogP contribution in [0, 0.1) is 0 Å². The number of nitrogens with two attached hydrogens (primary N) is 1. The highest BCUT2D eigenvalue weighted by Gasteiger charge is 2.25. The molecule has 0 bridgehead atoms. The Kier molecular flexibility index (Phi) is 7.61. The molecule has 8 nitrogen and oxygen atoms in total. The number of guanidine groups is 1. The minimum atomic E-state index is -3.66. The maximum atomic E-state index is 11.8. The van der Waals surface area contributed by atoms with Gasteiger partial charge >= 0.3 is 0 Å². The van der Waals surface area contributed by atoms with Crippen LogP contribution in [0.15, 0.2) is 34.2 Å². The summed E-state index contributed by atoms with van der Waals surface area (Å²) < 4.78 is 22.6. The molecule has 150 valence electrons. The number of sulfonamides is 1. The van der Waals surface area contributed by atoms with Crippen LogP contribution in [0.4, 0.5) is 0 Å². The lowest BCUT2D eigenvalue weighted by Gasteiger charge is -2.18. The number of rotatable bonds is 7. The average Bonchev–Trinajstić information content (AvgIpc) is 3.09. The molecule has 1 atom stereocenters. The Bertz CT molecular complexity index is 762. The van der Waals surface area contributed by atoms with Crippen molar-refractivity contribution < 1.29 is 13.2 Å². The summed E-state index contributed by atoms with van der Waals surface area (Å²) in [5, 5.41) is 11.7. The van der Waals surface area contributed by atoms with E-state index in [0.717, 1.165) is 31.0 Å². The predicted octanol–water partition coefficient (Wildman–Crippen LogP) is 0.443. The molecule has 1 aromatic carbocycles. The van der Waals surface area contributed by atoms with E-state index in [-0.39, 0.29) is 16.8 Å². The first-order valence-electron chi connectivity index (χ1n) is 9.27. The minimum Gasteiger partial charge on any atom is -0.357 e. The van der Waals surface area contributed by atoms with Crippen LogP contribution in [0.25, 0.3) is 0 Å². The standard InChI is InChI=1S/C18H29N5O3S/c1-3-17(24)23-12-10-15(13-23)22-18(20-4-2)21-11-9-14-5-7-16(8-6-14)27(19,25)26/h5-8,15H,3-4,9-13H2,1-2H3,(H2,19,25,26)(H2,20,21,22). The Morgan fingerprint density at radius 3 is 2.59 bits per heavy atom. The molecule has 4 N–H and O–H groups in total. The lowest BCUT2D eigenvalue weighted by atomic mass is 10.1. The molecule has 1 aliphatic heterocycles. The van der Waals surface area contributed by atoms with Crippen molar-refractivity contribution in [1.82, 2.24) is 15.5 Å². The lowest BCUT2D eigenvalue weighted by molar-refractivity contribution is -0.129. The highest BCUT2D eigenvalue weighted by molar-refractivity contribution is 7.89. The maximum absolute atomic E-state index is 11.8. The molecule has 1 aromatic rings. The Labute approximate surface area is 161 Å². The zero-order valence-electron chi connectivity index (χ0n) is 15.9. The van der Waals surface area contributed by atoms with E-state index in [0.29, 0.717) is 25.9 Å². The number of carbonyl (C=O) groups excluding carboxylic acids is 1. The molecule has 0 saturated carbocycles. The van der Waals surface area contributed by atoms with Gasteiger partial charge in [0.15, 0.2) is 5.96 Å². The van der Waals surface area contributed by atoms with E-state index < -0.39 is 10.0 Å². The van der Waals surface area contributed by atoms with Crippen molar-refractivity contribution in [2.45, 2.75) is 44.0 Å². The first kappa shape index (κ1) is 21.2. The molecule has 2 rings (SSSR count). The molecule has 1 aliphatic rings. The topological polar surface area (TPSA) is 117 Å². The summed E-state index contributed by atoms with van der Waals surface area (Å²) in [6.45, 7) is 6.68. The molecule has 1 unspecified atom stereocenters. The number of nitrogens with one attached hydrogen (secondary N) is 2. The summed E-state index contributed by atoms with van der Waals surface area (Å²) in [4.78, 5) is 18.4. The number of likely N-dealkylation sites (tertiary alicyclic amines) is 1. The molecule has 0 aliphatic carbocycles. The second-order valence-corrected chi connectivity index (χ2v) is 8.08. The van der Waals surface area contributed by atoms with Crippen molar-refractivity contribution in [2.75, 3.05) is 26.2 Å². The third-order valence-electron chi connectivity index (χ3n) is 4.45. The molecular weight excluding hydrogens is 366 g/mol. The van der Waals surface area contributed by atoms with E-state index >= 15 is 0 Å². The molecule has 1 fully saturated rings. The molecular formula is C18H29N5O3S. The fourth-order valence-corrected chi connectivity index (χ4v) is 3.50. The third-order valence-corrected chi connectivity index (χ3v) is 5.38. The van der Waals surface area contributed by atoms with E-state index in [1.54, 1.807) is 12.1 Å². The van der Waals surface area contributed by atoms with Gasteiger partial charge in [0.1, 0.15) is 0 Å². The van der Waals surface area contributed by atoms with Crippen LogP contribution < -0.4 is 15.8 Å². The maximum Gasteiger partial charge on any atom is 0.238 e. The Morgan fingerprint density at radius 1 is 1.30 bits per heavy atom. The fraction of sp³-hybridized carbons (Fsp3) is 0.556. The van der Waals surface area contributed by atoms with Gasteiger partial charge in [-0.15, -0.1) is 0 Å². The van der Waals surface area contributed by atoms with Crippen molar-refractivity contribution in [3.63, 3.8) is 0 Å². The van der Waals surface area contributed by atoms with Crippen LogP contribution in [0.5, 0.6) is 0 Å². The Hall–Kier alpha value is -2.13. The van der Waals surface area contributed by atoms with E-state index in [2.05, 4.69) is 15.6 Å². The molecule has 0 spiro atoms. The quantitative estimate of drug-likeness (QED) is 0.458. The van der Waals surface area contributed by atoms with Gasteiger partial charge in [-0.25, -0.2) is 13.6 Å². The van der Waals surface area contributed by atoms with Crippen molar-refractivity contribution in [3.05, 3.63) is 29.8 Å². The first-order chi connectivity index (χ1) is 12.8.